The molecule has 0 saturated heterocycles. The van der Waals surface area contributed by atoms with Crippen LogP contribution < -0.4 is 4.74 Å². The molecule has 3 heteroatoms. The molecular weight excluding hydrogens is 332 g/mol. The second kappa shape index (κ2) is 10.4. The van der Waals surface area contributed by atoms with Crippen molar-refractivity contribution in [3.8, 4) is 17.1 Å². The lowest BCUT2D eigenvalue weighted by atomic mass is 9.81. The average molecular weight is 367 g/mol. The number of hydrogen-bond donors (Lipinski definition) is 0. The fourth-order valence-electron chi connectivity index (χ4n) is 3.89. The van der Waals surface area contributed by atoms with E-state index in [9.17, 15) is 0 Å². The number of ether oxygens (including phenoxy) is 1. The summed E-state index contributed by atoms with van der Waals surface area (Å²) in [6, 6.07) is 8.18. The Morgan fingerprint density at radius 1 is 0.963 bits per heavy atom. The Morgan fingerprint density at radius 2 is 1.67 bits per heavy atom. The van der Waals surface area contributed by atoms with Crippen molar-refractivity contribution in [1.29, 1.82) is 0 Å². The molecule has 27 heavy (non-hydrogen) atoms. The standard InChI is InChI=1S/C24H34N2O/c1-3-4-6-21-17-25-24(26-18-21)22-12-14-23(15-13-22)27-16-5-7-20-10-8-19(2)9-11-20/h12-15,17-20H,3-11,16H2,1-2H3. The fraction of sp³-hybridized carbons (Fsp3) is 0.583. The van der Waals surface area contributed by atoms with Gasteiger partial charge in [-0.3, -0.25) is 0 Å². The predicted octanol–water partition coefficient (Wildman–Crippen LogP) is 6.47. The maximum Gasteiger partial charge on any atom is 0.159 e. The molecule has 3 nitrogen and oxygen atoms in total. The topological polar surface area (TPSA) is 35.0 Å². The van der Waals surface area contributed by atoms with Crippen LogP contribution in [-0.2, 0) is 6.42 Å². The molecule has 0 bridgehead atoms. The van der Waals surface area contributed by atoms with Crippen molar-refractivity contribution < 1.29 is 4.74 Å². The highest BCUT2D eigenvalue weighted by atomic mass is 16.5. The van der Waals surface area contributed by atoms with E-state index in [4.69, 9.17) is 4.74 Å². The molecule has 0 N–H and O–H groups in total. The zero-order valence-corrected chi connectivity index (χ0v) is 17.0. The molecule has 0 radical (unpaired) electrons. The molecule has 0 aliphatic heterocycles. The first-order valence-corrected chi connectivity index (χ1v) is 10.8. The van der Waals surface area contributed by atoms with Crippen molar-refractivity contribution >= 4 is 0 Å². The van der Waals surface area contributed by atoms with Crippen LogP contribution in [-0.4, -0.2) is 16.6 Å². The van der Waals surface area contributed by atoms with Gasteiger partial charge in [-0.2, -0.15) is 0 Å². The van der Waals surface area contributed by atoms with Gasteiger partial charge in [-0.25, -0.2) is 9.97 Å². The van der Waals surface area contributed by atoms with E-state index in [1.54, 1.807) is 0 Å². The van der Waals surface area contributed by atoms with Crippen molar-refractivity contribution in [2.45, 2.75) is 71.6 Å². The Labute approximate surface area is 164 Å². The van der Waals surface area contributed by atoms with Gasteiger partial charge < -0.3 is 4.74 Å². The van der Waals surface area contributed by atoms with Gasteiger partial charge in [-0.05, 0) is 67.3 Å². The normalized spacial score (nSPS) is 19.8. The second-order valence-electron chi connectivity index (χ2n) is 8.16. The first kappa shape index (κ1) is 19.9. The Balaban J connectivity index is 1.42. The molecule has 1 aromatic heterocycles. The number of aryl methyl sites for hydroxylation is 1. The molecule has 0 atom stereocenters. The van der Waals surface area contributed by atoms with E-state index in [1.807, 2.05) is 24.5 Å². The van der Waals surface area contributed by atoms with E-state index in [0.717, 1.165) is 48.4 Å². The summed E-state index contributed by atoms with van der Waals surface area (Å²) in [6.07, 6.45) is 15.5. The number of unbranched alkanes of at least 4 members (excludes halogenated alkanes) is 1. The van der Waals surface area contributed by atoms with Crippen LogP contribution in [0.5, 0.6) is 5.75 Å². The highest BCUT2D eigenvalue weighted by molar-refractivity contribution is 5.55. The second-order valence-corrected chi connectivity index (χ2v) is 8.16. The zero-order valence-electron chi connectivity index (χ0n) is 17.0. The van der Waals surface area contributed by atoms with Crippen LogP contribution >= 0.6 is 0 Å². The molecule has 1 aliphatic rings. The molecule has 0 spiro atoms. The smallest absolute Gasteiger partial charge is 0.159 e. The SMILES string of the molecule is CCCCc1cnc(-c2ccc(OCCCC3CCC(C)CC3)cc2)nc1. The Kier molecular flexibility index (Phi) is 7.67. The highest BCUT2D eigenvalue weighted by Gasteiger charge is 2.17. The minimum atomic E-state index is 0.785. The summed E-state index contributed by atoms with van der Waals surface area (Å²) in [5.41, 5.74) is 2.26. The minimum absolute atomic E-state index is 0.785. The summed E-state index contributed by atoms with van der Waals surface area (Å²) in [5.74, 6) is 3.58. The van der Waals surface area contributed by atoms with E-state index < -0.39 is 0 Å². The molecule has 1 fully saturated rings. The van der Waals surface area contributed by atoms with Gasteiger partial charge in [0.25, 0.3) is 0 Å². The quantitative estimate of drug-likeness (QED) is 0.477. The summed E-state index contributed by atoms with van der Waals surface area (Å²) >= 11 is 0. The van der Waals surface area contributed by atoms with Gasteiger partial charge in [-0.1, -0.05) is 46.0 Å². The molecule has 1 heterocycles. The molecule has 1 saturated carbocycles. The van der Waals surface area contributed by atoms with E-state index in [-0.39, 0.29) is 0 Å². The third-order valence-corrected chi connectivity index (χ3v) is 5.80. The third kappa shape index (κ3) is 6.34. The van der Waals surface area contributed by atoms with Gasteiger partial charge >= 0.3 is 0 Å². The Morgan fingerprint density at radius 3 is 2.33 bits per heavy atom. The predicted molar refractivity (Wildman–Crippen MR) is 112 cm³/mol. The molecule has 2 aromatic rings. The van der Waals surface area contributed by atoms with Crippen LogP contribution in [0.25, 0.3) is 11.4 Å². The van der Waals surface area contributed by atoms with Crippen molar-refractivity contribution in [2.75, 3.05) is 6.61 Å². The number of nitrogens with zero attached hydrogens (tertiary/aromatic N) is 2. The maximum atomic E-state index is 5.93. The first-order valence-electron chi connectivity index (χ1n) is 10.8. The summed E-state index contributed by atoms with van der Waals surface area (Å²) < 4.78 is 5.93. The van der Waals surface area contributed by atoms with Crippen molar-refractivity contribution in [3.05, 3.63) is 42.2 Å². The molecule has 3 rings (SSSR count). The lowest BCUT2D eigenvalue weighted by Gasteiger charge is -2.25. The number of aromatic nitrogens is 2. The van der Waals surface area contributed by atoms with Gasteiger partial charge in [0.1, 0.15) is 5.75 Å². The number of benzene rings is 1. The Bertz CT molecular complexity index is 658. The molecule has 1 aliphatic carbocycles. The summed E-state index contributed by atoms with van der Waals surface area (Å²) in [4.78, 5) is 9.02. The van der Waals surface area contributed by atoms with Crippen molar-refractivity contribution in [2.24, 2.45) is 11.8 Å². The summed E-state index contributed by atoms with van der Waals surface area (Å²) in [6.45, 7) is 5.40. The maximum absolute atomic E-state index is 5.93. The van der Waals surface area contributed by atoms with Gasteiger partial charge in [0.05, 0.1) is 6.61 Å². The first-order chi connectivity index (χ1) is 13.2. The van der Waals surface area contributed by atoms with Crippen molar-refractivity contribution in [3.63, 3.8) is 0 Å². The number of rotatable bonds is 9. The molecule has 0 unspecified atom stereocenters. The van der Waals surface area contributed by atoms with Crippen LogP contribution in [0, 0.1) is 11.8 Å². The lowest BCUT2D eigenvalue weighted by Crippen LogP contribution is -2.13. The van der Waals surface area contributed by atoms with Crippen LogP contribution in [0.4, 0.5) is 0 Å². The van der Waals surface area contributed by atoms with Crippen LogP contribution in [0.15, 0.2) is 36.7 Å². The van der Waals surface area contributed by atoms with E-state index in [0.29, 0.717) is 0 Å². The van der Waals surface area contributed by atoms with Crippen LogP contribution in [0.3, 0.4) is 0 Å². The van der Waals surface area contributed by atoms with Gasteiger partial charge in [0, 0.05) is 18.0 Å². The highest BCUT2D eigenvalue weighted by Crippen LogP contribution is 2.31. The zero-order chi connectivity index (χ0) is 18.9. The van der Waals surface area contributed by atoms with E-state index >= 15 is 0 Å². The Hall–Kier alpha value is -1.90. The molecule has 0 amide bonds. The lowest BCUT2D eigenvalue weighted by molar-refractivity contribution is 0.245. The largest absolute Gasteiger partial charge is 0.494 e. The average Bonchev–Trinajstić information content (AvgIpc) is 2.72. The van der Waals surface area contributed by atoms with Crippen LogP contribution in [0.1, 0.15) is 70.8 Å². The fourth-order valence-corrected chi connectivity index (χ4v) is 3.89. The van der Waals surface area contributed by atoms with E-state index in [1.165, 1.54) is 50.5 Å². The third-order valence-electron chi connectivity index (χ3n) is 5.80. The van der Waals surface area contributed by atoms with Gasteiger partial charge in [0.15, 0.2) is 5.82 Å². The monoisotopic (exact) mass is 366 g/mol. The minimum Gasteiger partial charge on any atom is -0.494 e. The summed E-state index contributed by atoms with van der Waals surface area (Å²) in [7, 11) is 0. The summed E-state index contributed by atoms with van der Waals surface area (Å²) in [5, 5.41) is 0. The molecule has 1 aromatic carbocycles. The van der Waals surface area contributed by atoms with Gasteiger partial charge in [-0.15, -0.1) is 0 Å². The van der Waals surface area contributed by atoms with Crippen LogP contribution in [0.2, 0.25) is 0 Å². The van der Waals surface area contributed by atoms with Gasteiger partial charge in [0.2, 0.25) is 0 Å². The molecule has 146 valence electrons. The van der Waals surface area contributed by atoms with Crippen molar-refractivity contribution in [1.82, 2.24) is 9.97 Å². The number of hydrogen-bond acceptors (Lipinski definition) is 3. The van der Waals surface area contributed by atoms with E-state index in [2.05, 4.69) is 35.9 Å². The molecular formula is C24H34N2O.